The second-order valence-electron chi connectivity index (χ2n) is 6.16. The van der Waals surface area contributed by atoms with Crippen molar-refractivity contribution in [1.29, 1.82) is 5.26 Å². The third-order valence-electron chi connectivity index (χ3n) is 4.18. The average Bonchev–Trinajstić information content (AvgIpc) is 3.32. The highest BCUT2D eigenvalue weighted by molar-refractivity contribution is 7.98. The van der Waals surface area contributed by atoms with Crippen molar-refractivity contribution in [2.24, 2.45) is 0 Å². The lowest BCUT2D eigenvalue weighted by Gasteiger charge is -2.05. The van der Waals surface area contributed by atoms with Crippen LogP contribution in [0.5, 0.6) is 0 Å². The molecule has 0 N–H and O–H groups in total. The second kappa shape index (κ2) is 7.97. The minimum Gasteiger partial charge on any atom is -0.410 e. The van der Waals surface area contributed by atoms with Crippen LogP contribution in [0.3, 0.4) is 0 Å². The van der Waals surface area contributed by atoms with E-state index < -0.39 is 0 Å². The fourth-order valence-electron chi connectivity index (χ4n) is 2.85. The minimum atomic E-state index is 0.522. The number of aryl methyl sites for hydroxylation is 2. The van der Waals surface area contributed by atoms with Gasteiger partial charge in [-0.25, -0.2) is 4.98 Å². The van der Waals surface area contributed by atoms with Crippen LogP contribution >= 0.6 is 23.1 Å². The van der Waals surface area contributed by atoms with E-state index in [4.69, 9.17) is 4.42 Å². The second-order valence-corrected chi connectivity index (χ2v) is 8.29. The van der Waals surface area contributed by atoms with Gasteiger partial charge in [-0.1, -0.05) is 54.2 Å². The van der Waals surface area contributed by atoms with Gasteiger partial charge in [0, 0.05) is 5.75 Å². The molecule has 0 saturated carbocycles. The van der Waals surface area contributed by atoms with Crippen LogP contribution < -0.4 is 0 Å². The van der Waals surface area contributed by atoms with Crippen molar-refractivity contribution in [2.75, 3.05) is 0 Å². The molecule has 0 radical (unpaired) electrons. The Morgan fingerprint density at radius 2 is 1.86 bits per heavy atom. The lowest BCUT2D eigenvalue weighted by molar-refractivity contribution is 0.466. The van der Waals surface area contributed by atoms with Gasteiger partial charge in [-0.3, -0.25) is 0 Å². The Morgan fingerprint density at radius 1 is 1.07 bits per heavy atom. The van der Waals surface area contributed by atoms with Gasteiger partial charge in [0.2, 0.25) is 0 Å². The molecule has 0 aliphatic carbocycles. The molecule has 0 bridgehead atoms. The fourth-order valence-corrected chi connectivity index (χ4v) is 4.41. The maximum Gasteiger partial charge on any atom is 0.277 e. The average molecular weight is 405 g/mol. The summed E-state index contributed by atoms with van der Waals surface area (Å²) in [5, 5.41) is 19.1. The third-order valence-corrected chi connectivity index (χ3v) is 6.13. The van der Waals surface area contributed by atoms with Crippen molar-refractivity contribution in [3.63, 3.8) is 0 Å². The summed E-state index contributed by atoms with van der Waals surface area (Å²) in [5.74, 6) is 1.25. The first-order valence-electron chi connectivity index (χ1n) is 8.63. The summed E-state index contributed by atoms with van der Waals surface area (Å²) in [4.78, 5) is 5.33. The summed E-state index contributed by atoms with van der Waals surface area (Å²) in [6.45, 7) is 3.91. The molecule has 5 nitrogen and oxygen atoms in total. The third kappa shape index (κ3) is 3.84. The Balaban J connectivity index is 1.45. The number of aromatic nitrogens is 3. The molecule has 0 aliphatic heterocycles. The highest BCUT2D eigenvalue weighted by Gasteiger charge is 2.15. The van der Waals surface area contributed by atoms with Crippen molar-refractivity contribution in [3.05, 3.63) is 70.4 Å². The van der Waals surface area contributed by atoms with Crippen molar-refractivity contribution in [1.82, 2.24) is 15.2 Å². The molecule has 138 valence electrons. The van der Waals surface area contributed by atoms with Gasteiger partial charge in [0.15, 0.2) is 0 Å². The molecule has 4 aromatic rings. The van der Waals surface area contributed by atoms with Gasteiger partial charge in [-0.2, -0.15) is 5.26 Å². The first kappa shape index (κ1) is 18.4. The lowest BCUT2D eigenvalue weighted by atomic mass is 10.00. The first-order valence-corrected chi connectivity index (χ1v) is 10.4. The van der Waals surface area contributed by atoms with E-state index in [1.807, 2.05) is 50.2 Å². The van der Waals surface area contributed by atoms with E-state index in [1.54, 1.807) is 11.3 Å². The van der Waals surface area contributed by atoms with E-state index in [9.17, 15) is 5.26 Å². The SMILES string of the molecule is Cc1nc(C)c(-c2nnc(SCc3ccc(-c4ccccc4C#N)cc3)o2)s1. The zero-order chi connectivity index (χ0) is 19.5. The molecule has 0 spiro atoms. The molecular weight excluding hydrogens is 388 g/mol. The topological polar surface area (TPSA) is 75.6 Å². The zero-order valence-electron chi connectivity index (χ0n) is 15.3. The number of benzene rings is 2. The summed E-state index contributed by atoms with van der Waals surface area (Å²) >= 11 is 3.06. The fraction of sp³-hybridized carbons (Fsp3) is 0.143. The molecule has 0 fully saturated rings. The lowest BCUT2D eigenvalue weighted by Crippen LogP contribution is -1.85. The monoisotopic (exact) mass is 404 g/mol. The predicted molar refractivity (Wildman–Crippen MR) is 111 cm³/mol. The van der Waals surface area contributed by atoms with Gasteiger partial charge in [-0.05, 0) is 36.6 Å². The molecule has 0 saturated heterocycles. The number of hydrogen-bond acceptors (Lipinski definition) is 7. The molecule has 0 aliphatic rings. The molecule has 7 heteroatoms. The first-order chi connectivity index (χ1) is 13.6. The number of nitrogens with zero attached hydrogens (tertiary/aromatic N) is 4. The van der Waals surface area contributed by atoms with Crippen LogP contribution in [-0.2, 0) is 5.75 Å². The van der Waals surface area contributed by atoms with Crippen LogP contribution in [0.15, 0.2) is 58.2 Å². The molecular formula is C21H16N4OS2. The van der Waals surface area contributed by atoms with Gasteiger partial charge in [0.05, 0.1) is 22.3 Å². The molecule has 2 aromatic heterocycles. The summed E-state index contributed by atoms with van der Waals surface area (Å²) in [6.07, 6.45) is 0. The molecule has 2 heterocycles. The van der Waals surface area contributed by atoms with Crippen molar-refractivity contribution in [2.45, 2.75) is 24.8 Å². The number of thiazole rings is 1. The Hall–Kier alpha value is -2.95. The molecule has 0 atom stereocenters. The van der Waals surface area contributed by atoms with Gasteiger partial charge < -0.3 is 4.42 Å². The number of hydrogen-bond donors (Lipinski definition) is 0. The smallest absolute Gasteiger partial charge is 0.277 e. The predicted octanol–water partition coefficient (Wildman–Crippen LogP) is 5.64. The van der Waals surface area contributed by atoms with E-state index in [2.05, 4.69) is 33.4 Å². The Labute approximate surface area is 171 Å². The van der Waals surface area contributed by atoms with Gasteiger partial charge in [-0.15, -0.1) is 21.5 Å². The highest BCUT2D eigenvalue weighted by Crippen LogP contribution is 2.31. The number of thioether (sulfide) groups is 1. The van der Waals surface area contributed by atoms with Crippen LogP contribution in [0.2, 0.25) is 0 Å². The van der Waals surface area contributed by atoms with Crippen LogP contribution in [0.4, 0.5) is 0 Å². The molecule has 2 aromatic carbocycles. The van der Waals surface area contributed by atoms with Crippen LogP contribution in [0.25, 0.3) is 21.9 Å². The van der Waals surface area contributed by atoms with E-state index in [0.717, 1.165) is 38.0 Å². The van der Waals surface area contributed by atoms with E-state index >= 15 is 0 Å². The molecule has 0 unspecified atom stereocenters. The maximum atomic E-state index is 9.27. The highest BCUT2D eigenvalue weighted by atomic mass is 32.2. The molecule has 4 rings (SSSR count). The Morgan fingerprint density at radius 3 is 2.57 bits per heavy atom. The Kier molecular flexibility index (Phi) is 5.24. The van der Waals surface area contributed by atoms with Crippen LogP contribution in [0.1, 0.15) is 21.8 Å². The van der Waals surface area contributed by atoms with E-state index in [0.29, 0.717) is 16.7 Å². The normalized spacial score (nSPS) is 10.8. The summed E-state index contributed by atoms with van der Waals surface area (Å²) in [7, 11) is 0. The van der Waals surface area contributed by atoms with Gasteiger partial charge in [0.1, 0.15) is 4.88 Å². The van der Waals surface area contributed by atoms with Crippen molar-refractivity contribution < 1.29 is 4.42 Å². The molecule has 28 heavy (non-hydrogen) atoms. The number of rotatable bonds is 5. The quantitative estimate of drug-likeness (QED) is 0.401. The van der Waals surface area contributed by atoms with Crippen LogP contribution in [0, 0.1) is 25.2 Å². The van der Waals surface area contributed by atoms with Gasteiger partial charge >= 0.3 is 0 Å². The standard InChI is InChI=1S/C21H16N4OS2/c1-13-19(28-14(2)23-13)20-24-25-21(26-20)27-12-15-7-9-16(10-8-15)18-6-4-3-5-17(18)11-22/h3-10H,12H2,1-2H3. The summed E-state index contributed by atoms with van der Waals surface area (Å²) < 4.78 is 5.78. The van der Waals surface area contributed by atoms with Crippen molar-refractivity contribution in [3.8, 4) is 28.0 Å². The molecule has 0 amide bonds. The zero-order valence-corrected chi connectivity index (χ0v) is 17.0. The summed E-state index contributed by atoms with van der Waals surface area (Å²) in [5.41, 5.74) is 4.71. The minimum absolute atomic E-state index is 0.522. The summed E-state index contributed by atoms with van der Waals surface area (Å²) in [6, 6.07) is 18.0. The van der Waals surface area contributed by atoms with Crippen LogP contribution in [-0.4, -0.2) is 15.2 Å². The van der Waals surface area contributed by atoms with E-state index in [-0.39, 0.29) is 0 Å². The van der Waals surface area contributed by atoms with E-state index in [1.165, 1.54) is 11.8 Å². The Bertz CT molecular complexity index is 1160. The van der Waals surface area contributed by atoms with Crippen molar-refractivity contribution >= 4 is 23.1 Å². The maximum absolute atomic E-state index is 9.27. The largest absolute Gasteiger partial charge is 0.410 e. The number of nitriles is 1. The van der Waals surface area contributed by atoms with Gasteiger partial charge in [0.25, 0.3) is 11.1 Å².